The molecule has 3 aliphatic carbocycles. The van der Waals surface area contributed by atoms with Crippen molar-refractivity contribution in [1.29, 1.82) is 0 Å². The van der Waals surface area contributed by atoms with Crippen molar-refractivity contribution in [3.63, 3.8) is 0 Å². The van der Waals surface area contributed by atoms with Gasteiger partial charge >= 0.3 is 0 Å². The first kappa shape index (κ1) is 7.88. The molecule has 1 aliphatic heterocycles. The lowest BCUT2D eigenvalue weighted by molar-refractivity contribution is 0.0783. The predicted molar refractivity (Wildman–Crippen MR) is 55.4 cm³/mol. The van der Waals surface area contributed by atoms with Crippen molar-refractivity contribution in [2.45, 2.75) is 37.6 Å². The van der Waals surface area contributed by atoms with Gasteiger partial charge in [-0.2, -0.15) is 0 Å². The first-order valence-corrected chi connectivity index (χ1v) is 6.19. The lowest BCUT2D eigenvalue weighted by Gasteiger charge is -2.30. The maximum absolute atomic E-state index is 5.65. The van der Waals surface area contributed by atoms with E-state index in [1.165, 1.54) is 19.3 Å². The van der Waals surface area contributed by atoms with Crippen LogP contribution in [0.2, 0.25) is 0 Å². The van der Waals surface area contributed by atoms with E-state index in [4.69, 9.17) is 7.80 Å². The number of hydrogen-bond acceptors (Lipinski definition) is 2. The molecule has 13 heavy (non-hydrogen) atoms. The summed E-state index contributed by atoms with van der Waals surface area (Å²) in [5.74, 6) is 3.70. The van der Waals surface area contributed by atoms with E-state index in [0.29, 0.717) is 18.3 Å². The molecule has 0 amide bonds. The zero-order valence-electron chi connectivity index (χ0n) is 7.36. The number of epoxide rings is 1. The monoisotopic (exact) mass is 292 g/mol. The standard InChI is InChI=1S/C10H13IO2/c11-13-7-2-4-1-5(7)6-3-8-10(12-8)9(4)6/h4-10H,1-3H2. The molecular weight excluding hydrogens is 279 g/mol. The molecule has 7 atom stereocenters. The Balaban J connectivity index is 1.66. The van der Waals surface area contributed by atoms with Crippen LogP contribution in [0.5, 0.6) is 0 Å². The second kappa shape index (κ2) is 2.42. The zero-order valence-corrected chi connectivity index (χ0v) is 9.51. The number of hydrogen-bond donors (Lipinski definition) is 0. The molecule has 2 nitrogen and oxygen atoms in total. The van der Waals surface area contributed by atoms with Gasteiger partial charge in [-0.05, 0) is 42.9 Å². The summed E-state index contributed by atoms with van der Waals surface area (Å²) in [4.78, 5) is 0. The topological polar surface area (TPSA) is 21.8 Å². The summed E-state index contributed by atoms with van der Waals surface area (Å²) in [5.41, 5.74) is 0. The molecule has 1 heterocycles. The maximum Gasteiger partial charge on any atom is 0.110 e. The summed E-state index contributed by atoms with van der Waals surface area (Å²) in [7, 11) is 0. The van der Waals surface area contributed by atoms with Crippen molar-refractivity contribution in [3.05, 3.63) is 0 Å². The molecule has 0 N–H and O–H groups in total. The Morgan fingerprint density at radius 3 is 2.92 bits per heavy atom. The van der Waals surface area contributed by atoms with E-state index in [0.717, 1.165) is 23.7 Å². The minimum atomic E-state index is 0.573. The fourth-order valence-corrected chi connectivity index (χ4v) is 4.95. The summed E-state index contributed by atoms with van der Waals surface area (Å²) in [5, 5.41) is 0. The van der Waals surface area contributed by atoms with E-state index in [1.807, 2.05) is 0 Å². The molecule has 3 heteroatoms. The largest absolute Gasteiger partial charge is 0.369 e. The van der Waals surface area contributed by atoms with Crippen LogP contribution in [0.1, 0.15) is 19.3 Å². The molecule has 0 spiro atoms. The highest BCUT2D eigenvalue weighted by molar-refractivity contribution is 14.1. The Labute approximate surface area is 92.0 Å². The molecule has 0 aromatic rings. The normalized spacial score (nSPS) is 66.7. The third-order valence-corrected chi connectivity index (χ3v) is 5.45. The van der Waals surface area contributed by atoms with E-state index >= 15 is 0 Å². The summed E-state index contributed by atoms with van der Waals surface area (Å²) in [6.45, 7) is 0. The minimum Gasteiger partial charge on any atom is -0.369 e. The zero-order chi connectivity index (χ0) is 8.58. The van der Waals surface area contributed by atoms with Crippen LogP contribution in [0.25, 0.3) is 0 Å². The molecule has 0 aromatic heterocycles. The molecule has 7 unspecified atom stereocenters. The van der Waals surface area contributed by atoms with Crippen LogP contribution in [-0.2, 0) is 7.80 Å². The summed E-state index contributed by atoms with van der Waals surface area (Å²) < 4.78 is 11.2. The third kappa shape index (κ3) is 0.868. The minimum absolute atomic E-state index is 0.573. The van der Waals surface area contributed by atoms with Crippen LogP contribution < -0.4 is 0 Å². The van der Waals surface area contributed by atoms with E-state index < -0.39 is 0 Å². The van der Waals surface area contributed by atoms with Gasteiger partial charge in [-0.15, -0.1) is 0 Å². The van der Waals surface area contributed by atoms with E-state index in [2.05, 4.69) is 23.0 Å². The number of halogens is 1. The smallest absolute Gasteiger partial charge is 0.110 e. The molecule has 0 aromatic carbocycles. The van der Waals surface area contributed by atoms with Gasteiger partial charge in [0.2, 0.25) is 0 Å². The van der Waals surface area contributed by atoms with Gasteiger partial charge in [-0.3, -0.25) is 0 Å². The van der Waals surface area contributed by atoms with Gasteiger partial charge in [-0.25, -0.2) is 0 Å². The van der Waals surface area contributed by atoms with Crippen LogP contribution in [0.4, 0.5) is 0 Å². The predicted octanol–water partition coefficient (Wildman–Crippen LogP) is 2.16. The highest BCUT2D eigenvalue weighted by Crippen LogP contribution is 2.64. The Hall–Kier alpha value is 0.650. The lowest BCUT2D eigenvalue weighted by Crippen LogP contribution is -2.31. The van der Waals surface area contributed by atoms with Gasteiger partial charge in [0.05, 0.1) is 18.3 Å². The molecule has 4 aliphatic rings. The van der Waals surface area contributed by atoms with Gasteiger partial charge in [0.1, 0.15) is 23.0 Å². The average molecular weight is 292 g/mol. The first-order valence-electron chi connectivity index (χ1n) is 5.31. The second-order valence-corrected chi connectivity index (χ2v) is 5.65. The maximum atomic E-state index is 5.65. The fourth-order valence-electron chi connectivity index (χ4n) is 4.37. The van der Waals surface area contributed by atoms with Crippen LogP contribution in [-0.4, -0.2) is 18.3 Å². The highest BCUT2D eigenvalue weighted by atomic mass is 127. The number of ether oxygens (including phenoxy) is 1. The van der Waals surface area contributed by atoms with Crippen molar-refractivity contribution in [1.82, 2.24) is 0 Å². The molecular formula is C10H13IO2. The van der Waals surface area contributed by atoms with Gasteiger partial charge in [-0.1, -0.05) is 0 Å². The molecule has 4 fully saturated rings. The van der Waals surface area contributed by atoms with Crippen molar-refractivity contribution in [2.75, 3.05) is 0 Å². The second-order valence-electron chi connectivity index (χ2n) is 5.14. The Morgan fingerprint density at radius 2 is 2.08 bits per heavy atom. The Bertz CT molecular complexity index is 255. The molecule has 1 saturated heterocycles. The lowest BCUT2D eigenvalue weighted by atomic mass is 9.79. The van der Waals surface area contributed by atoms with E-state index in [1.54, 1.807) is 0 Å². The van der Waals surface area contributed by atoms with E-state index in [-0.39, 0.29) is 0 Å². The molecule has 2 bridgehead atoms. The van der Waals surface area contributed by atoms with Crippen molar-refractivity contribution < 1.29 is 7.80 Å². The van der Waals surface area contributed by atoms with E-state index in [9.17, 15) is 0 Å². The van der Waals surface area contributed by atoms with Crippen LogP contribution in [0, 0.1) is 23.7 Å². The fraction of sp³-hybridized carbons (Fsp3) is 1.00. The van der Waals surface area contributed by atoms with Gasteiger partial charge in [0.15, 0.2) is 0 Å². The summed E-state index contributed by atoms with van der Waals surface area (Å²) in [6.07, 6.45) is 5.98. The highest BCUT2D eigenvalue weighted by Gasteiger charge is 2.66. The average Bonchev–Trinajstić information content (AvgIpc) is 2.61. The van der Waals surface area contributed by atoms with Gasteiger partial charge in [0, 0.05) is 0 Å². The Morgan fingerprint density at radius 1 is 1.15 bits per heavy atom. The van der Waals surface area contributed by atoms with Crippen LogP contribution >= 0.6 is 23.0 Å². The third-order valence-electron chi connectivity index (χ3n) is 4.80. The molecule has 4 rings (SSSR count). The molecule has 3 saturated carbocycles. The van der Waals surface area contributed by atoms with Gasteiger partial charge < -0.3 is 7.80 Å². The quantitative estimate of drug-likeness (QED) is 0.546. The summed E-state index contributed by atoms with van der Waals surface area (Å²) in [6, 6.07) is 0. The first-order chi connectivity index (χ1) is 6.38. The Kier molecular flexibility index (Phi) is 1.47. The molecule has 0 radical (unpaired) electrons. The number of fused-ring (bicyclic) bond motifs is 7. The SMILES string of the molecule is IOC1CC2CC1C1CC3OC3C21. The van der Waals surface area contributed by atoms with Crippen molar-refractivity contribution in [2.24, 2.45) is 23.7 Å². The van der Waals surface area contributed by atoms with Crippen LogP contribution in [0.15, 0.2) is 0 Å². The summed E-state index contributed by atoms with van der Waals surface area (Å²) >= 11 is 2.09. The molecule has 72 valence electrons. The van der Waals surface area contributed by atoms with Gasteiger partial charge in [0.25, 0.3) is 0 Å². The van der Waals surface area contributed by atoms with Crippen molar-refractivity contribution >= 4 is 23.0 Å². The number of rotatable bonds is 1. The van der Waals surface area contributed by atoms with Crippen molar-refractivity contribution in [3.8, 4) is 0 Å². The van der Waals surface area contributed by atoms with Crippen LogP contribution in [0.3, 0.4) is 0 Å².